The van der Waals surface area contributed by atoms with Gasteiger partial charge in [-0.15, -0.1) is 0 Å². The van der Waals surface area contributed by atoms with E-state index >= 15 is 0 Å². The predicted molar refractivity (Wildman–Crippen MR) is 90.8 cm³/mol. The molecule has 0 atom stereocenters. The lowest BCUT2D eigenvalue weighted by Crippen LogP contribution is -2.16. The summed E-state index contributed by atoms with van der Waals surface area (Å²) >= 11 is 3.43. The van der Waals surface area contributed by atoms with Crippen molar-refractivity contribution in [2.24, 2.45) is 0 Å². The van der Waals surface area contributed by atoms with Crippen LogP contribution in [-0.4, -0.2) is 10.5 Å². The third kappa shape index (κ3) is 4.21. The molecule has 1 amide bonds. The largest absolute Gasteiger partial charge is 0.342 e. The molecule has 1 aromatic heterocycles. The zero-order valence-electron chi connectivity index (χ0n) is 12.5. The van der Waals surface area contributed by atoms with Crippen LogP contribution < -0.4 is 5.32 Å². The Kier molecular flexibility index (Phi) is 5.62. The summed E-state index contributed by atoms with van der Waals surface area (Å²) in [6, 6.07) is 9.92. The maximum atomic E-state index is 12.4. The van der Waals surface area contributed by atoms with Crippen LogP contribution >= 0.6 is 15.9 Å². The van der Waals surface area contributed by atoms with Crippen LogP contribution in [0.25, 0.3) is 0 Å². The molecule has 1 heterocycles. The van der Waals surface area contributed by atoms with Gasteiger partial charge in [0.1, 0.15) is 5.69 Å². The molecule has 0 bridgehead atoms. The lowest BCUT2D eigenvalue weighted by molar-refractivity contribution is 0.101. The molecule has 3 nitrogen and oxygen atoms in total. The number of benzene rings is 1. The zero-order valence-corrected chi connectivity index (χ0v) is 14.1. The second kappa shape index (κ2) is 7.46. The maximum Gasteiger partial charge on any atom is 0.272 e. The molecular weight excluding hydrogens is 328 g/mol. The van der Waals surface area contributed by atoms with Gasteiger partial charge in [0, 0.05) is 22.9 Å². The molecule has 0 radical (unpaired) electrons. The number of carbonyl (C=O) groups is 1. The summed E-state index contributed by atoms with van der Waals surface area (Å²) in [5.74, 6) is -0.0719. The van der Waals surface area contributed by atoms with Gasteiger partial charge in [-0.05, 0) is 52.5 Å². The molecule has 1 N–H and O–H groups in total. The molecule has 0 aliphatic carbocycles. The molecule has 2 rings (SSSR count). The Labute approximate surface area is 134 Å². The average molecular weight is 349 g/mol. The van der Waals surface area contributed by atoms with E-state index in [1.165, 1.54) is 5.56 Å². The Bertz CT molecular complexity index is 602. The fourth-order valence-corrected chi connectivity index (χ4v) is 2.79. The predicted octanol–water partition coefficient (Wildman–Crippen LogP) is 4.87. The Hall–Kier alpha value is -1.55. The van der Waals surface area contributed by atoms with Gasteiger partial charge in [-0.1, -0.05) is 32.4 Å². The summed E-state index contributed by atoms with van der Waals surface area (Å²) in [7, 11) is 0. The van der Waals surface area contributed by atoms with Crippen molar-refractivity contribution in [1.29, 1.82) is 0 Å². The molecule has 0 aliphatic heterocycles. The van der Waals surface area contributed by atoms with Gasteiger partial charge in [-0.25, -0.2) is 0 Å². The van der Waals surface area contributed by atoms with Gasteiger partial charge in [0.05, 0.1) is 0 Å². The minimum Gasteiger partial charge on any atom is -0.342 e. The molecule has 4 heteroatoms. The Morgan fingerprint density at radius 2 is 1.90 bits per heavy atom. The van der Waals surface area contributed by atoms with Crippen LogP contribution in [0.5, 0.6) is 0 Å². The zero-order chi connectivity index (χ0) is 15.2. The van der Waals surface area contributed by atoms with E-state index in [9.17, 15) is 4.79 Å². The van der Waals surface area contributed by atoms with E-state index in [1.54, 1.807) is 0 Å². The van der Waals surface area contributed by atoms with Crippen molar-refractivity contribution in [1.82, 2.24) is 4.57 Å². The third-order valence-electron chi connectivity index (χ3n) is 3.31. The molecule has 0 unspecified atom stereocenters. The number of anilines is 1. The summed E-state index contributed by atoms with van der Waals surface area (Å²) in [5, 5.41) is 2.96. The number of amides is 1. The Balaban J connectivity index is 2.10. The normalized spacial score (nSPS) is 10.6. The van der Waals surface area contributed by atoms with Crippen molar-refractivity contribution >= 4 is 27.5 Å². The number of hydrogen-bond acceptors (Lipinski definition) is 1. The van der Waals surface area contributed by atoms with Crippen LogP contribution in [0.3, 0.4) is 0 Å². The fraction of sp³-hybridized carbons (Fsp3) is 0.353. The molecule has 0 fully saturated rings. The summed E-state index contributed by atoms with van der Waals surface area (Å²) in [5.41, 5.74) is 2.81. The number of rotatable bonds is 6. The van der Waals surface area contributed by atoms with Crippen molar-refractivity contribution in [3.05, 3.63) is 52.3 Å². The van der Waals surface area contributed by atoms with Gasteiger partial charge in [0.15, 0.2) is 0 Å². The lowest BCUT2D eigenvalue weighted by atomic mass is 10.1. The summed E-state index contributed by atoms with van der Waals surface area (Å²) in [4.78, 5) is 12.4. The minimum atomic E-state index is -0.0719. The van der Waals surface area contributed by atoms with Gasteiger partial charge < -0.3 is 9.88 Å². The number of halogens is 1. The molecule has 112 valence electrons. The van der Waals surface area contributed by atoms with Gasteiger partial charge in [-0.2, -0.15) is 0 Å². The lowest BCUT2D eigenvalue weighted by Gasteiger charge is -2.09. The second-order valence-electron chi connectivity index (χ2n) is 5.14. The molecular formula is C17H21BrN2O. The first-order valence-electron chi connectivity index (χ1n) is 7.40. The maximum absolute atomic E-state index is 12.4. The van der Waals surface area contributed by atoms with Crippen LogP contribution in [0.15, 0.2) is 41.0 Å². The number of nitrogens with zero attached hydrogens (tertiary/aromatic N) is 1. The SMILES string of the molecule is CCCc1ccc(NC(=O)c2cc(Br)cn2CCC)cc1. The van der Waals surface area contributed by atoms with Crippen molar-refractivity contribution in [2.75, 3.05) is 5.32 Å². The standard InChI is InChI=1S/C17H21BrN2O/c1-3-5-13-6-8-15(9-7-13)19-17(21)16-11-14(18)12-20(16)10-4-2/h6-9,11-12H,3-5,10H2,1-2H3,(H,19,21). The highest BCUT2D eigenvalue weighted by Gasteiger charge is 2.12. The molecule has 1 aromatic carbocycles. The van der Waals surface area contributed by atoms with Crippen molar-refractivity contribution in [3.63, 3.8) is 0 Å². The highest BCUT2D eigenvalue weighted by Crippen LogP contribution is 2.18. The summed E-state index contributed by atoms with van der Waals surface area (Å²) in [6.45, 7) is 5.10. The van der Waals surface area contributed by atoms with Gasteiger partial charge in [0.2, 0.25) is 0 Å². The van der Waals surface area contributed by atoms with E-state index in [0.29, 0.717) is 5.69 Å². The molecule has 0 aliphatic rings. The summed E-state index contributed by atoms with van der Waals surface area (Å²) in [6.07, 6.45) is 5.14. The first kappa shape index (κ1) is 15.8. The van der Waals surface area contributed by atoms with Gasteiger partial charge in [0.25, 0.3) is 5.91 Å². The number of hydrogen-bond donors (Lipinski definition) is 1. The van der Waals surface area contributed by atoms with Crippen LogP contribution in [0.2, 0.25) is 0 Å². The average Bonchev–Trinajstić information content (AvgIpc) is 2.83. The first-order chi connectivity index (χ1) is 10.1. The van der Waals surface area contributed by atoms with E-state index in [2.05, 4.69) is 47.2 Å². The van der Waals surface area contributed by atoms with Gasteiger partial charge >= 0.3 is 0 Å². The number of aryl methyl sites for hydroxylation is 2. The van der Waals surface area contributed by atoms with Crippen molar-refractivity contribution < 1.29 is 4.79 Å². The fourth-order valence-electron chi connectivity index (χ4n) is 2.33. The highest BCUT2D eigenvalue weighted by atomic mass is 79.9. The number of nitrogens with one attached hydrogen (secondary N) is 1. The van der Waals surface area contributed by atoms with Crippen LogP contribution in [0.4, 0.5) is 5.69 Å². The molecule has 2 aromatic rings. The Morgan fingerprint density at radius 3 is 2.52 bits per heavy atom. The van der Waals surface area contributed by atoms with E-state index in [1.807, 2.05) is 29.0 Å². The van der Waals surface area contributed by atoms with Crippen molar-refractivity contribution in [3.8, 4) is 0 Å². The quantitative estimate of drug-likeness (QED) is 0.794. The topological polar surface area (TPSA) is 34.0 Å². The monoisotopic (exact) mass is 348 g/mol. The van der Waals surface area contributed by atoms with E-state index in [0.717, 1.165) is 36.0 Å². The van der Waals surface area contributed by atoms with E-state index in [-0.39, 0.29) is 5.91 Å². The molecule has 0 saturated carbocycles. The first-order valence-corrected chi connectivity index (χ1v) is 8.19. The number of aromatic nitrogens is 1. The molecule has 0 spiro atoms. The second-order valence-corrected chi connectivity index (χ2v) is 6.05. The smallest absolute Gasteiger partial charge is 0.272 e. The van der Waals surface area contributed by atoms with E-state index in [4.69, 9.17) is 0 Å². The molecule has 0 saturated heterocycles. The van der Waals surface area contributed by atoms with Crippen LogP contribution in [0, 0.1) is 0 Å². The molecule has 21 heavy (non-hydrogen) atoms. The van der Waals surface area contributed by atoms with Crippen LogP contribution in [0.1, 0.15) is 42.7 Å². The van der Waals surface area contributed by atoms with Crippen LogP contribution in [-0.2, 0) is 13.0 Å². The van der Waals surface area contributed by atoms with Gasteiger partial charge in [-0.3, -0.25) is 4.79 Å². The number of carbonyl (C=O) groups excluding carboxylic acids is 1. The highest BCUT2D eigenvalue weighted by molar-refractivity contribution is 9.10. The minimum absolute atomic E-state index is 0.0719. The van der Waals surface area contributed by atoms with Crippen molar-refractivity contribution in [2.45, 2.75) is 39.7 Å². The Morgan fingerprint density at radius 1 is 1.19 bits per heavy atom. The summed E-state index contributed by atoms with van der Waals surface area (Å²) < 4.78 is 2.91. The third-order valence-corrected chi connectivity index (χ3v) is 3.74. The van der Waals surface area contributed by atoms with E-state index < -0.39 is 0 Å².